The van der Waals surface area contributed by atoms with E-state index < -0.39 is 10.0 Å². The van der Waals surface area contributed by atoms with Crippen molar-refractivity contribution >= 4 is 16.0 Å². The third-order valence-corrected chi connectivity index (χ3v) is 6.92. The summed E-state index contributed by atoms with van der Waals surface area (Å²) in [6.45, 7) is 2.93. The second-order valence-electron chi connectivity index (χ2n) is 7.01. The number of rotatable bonds is 5. The lowest BCUT2D eigenvalue weighted by Crippen LogP contribution is -2.39. The molecule has 0 radical (unpaired) electrons. The fourth-order valence-corrected chi connectivity index (χ4v) is 5.01. The molecule has 3 rings (SSSR count). The molecule has 1 aliphatic heterocycles. The summed E-state index contributed by atoms with van der Waals surface area (Å²) in [5.41, 5.74) is 2.99. The van der Waals surface area contributed by atoms with Crippen LogP contribution in [0.5, 0.6) is 0 Å². The van der Waals surface area contributed by atoms with Gasteiger partial charge in [-0.2, -0.15) is 4.31 Å². The van der Waals surface area contributed by atoms with Crippen molar-refractivity contribution in [2.45, 2.75) is 37.0 Å². The number of sulfonamides is 1. The van der Waals surface area contributed by atoms with Crippen LogP contribution in [0.2, 0.25) is 0 Å². The van der Waals surface area contributed by atoms with Gasteiger partial charge in [0.15, 0.2) is 0 Å². The first kappa shape index (κ1) is 19.6. The summed E-state index contributed by atoms with van der Waals surface area (Å²) in [5.74, 6) is -0.157. The second-order valence-corrected chi connectivity index (χ2v) is 8.95. The van der Waals surface area contributed by atoms with Gasteiger partial charge >= 0.3 is 5.97 Å². The molecular weight excluding hydrogens is 362 g/mol. The number of aryl methyl sites for hydroxylation is 1. The Labute approximate surface area is 161 Å². The average molecular weight is 388 g/mol. The number of methoxy groups -OCH3 is 1. The van der Waals surface area contributed by atoms with Crippen LogP contribution in [-0.4, -0.2) is 38.9 Å². The Bertz CT molecular complexity index is 906. The number of ether oxygens (including phenoxy) is 1. The summed E-state index contributed by atoms with van der Waals surface area (Å²) in [6.07, 6.45) is 1.97. The number of carbonyl (C=O) groups excluding carboxylic acids is 1. The SMILES string of the molecule is COC(=O)Cc1cccc(C2CCCN(S(=O)(=O)c3ccc(C)cc3)C2)c1. The first-order chi connectivity index (χ1) is 12.9. The highest BCUT2D eigenvalue weighted by Gasteiger charge is 2.30. The highest BCUT2D eigenvalue weighted by atomic mass is 32.2. The van der Waals surface area contributed by atoms with Crippen LogP contribution in [0.3, 0.4) is 0 Å². The fraction of sp³-hybridized carbons (Fsp3) is 0.381. The van der Waals surface area contributed by atoms with Gasteiger partial charge in [-0.1, -0.05) is 42.0 Å². The number of hydrogen-bond donors (Lipinski definition) is 0. The zero-order valence-corrected chi connectivity index (χ0v) is 16.5. The van der Waals surface area contributed by atoms with Crippen molar-refractivity contribution in [1.29, 1.82) is 0 Å². The minimum absolute atomic E-state index is 0.122. The molecule has 1 heterocycles. The van der Waals surface area contributed by atoms with Crippen molar-refractivity contribution in [2.24, 2.45) is 0 Å². The molecule has 0 amide bonds. The lowest BCUT2D eigenvalue weighted by molar-refractivity contribution is -0.139. The molecule has 0 N–H and O–H groups in total. The molecule has 144 valence electrons. The van der Waals surface area contributed by atoms with E-state index in [-0.39, 0.29) is 18.3 Å². The molecule has 1 saturated heterocycles. The van der Waals surface area contributed by atoms with E-state index in [9.17, 15) is 13.2 Å². The monoisotopic (exact) mass is 387 g/mol. The topological polar surface area (TPSA) is 63.7 Å². The summed E-state index contributed by atoms with van der Waals surface area (Å²) < 4.78 is 32.3. The van der Waals surface area contributed by atoms with Crippen molar-refractivity contribution in [2.75, 3.05) is 20.2 Å². The number of carbonyl (C=O) groups is 1. The Hall–Kier alpha value is -2.18. The van der Waals surface area contributed by atoms with Gasteiger partial charge in [-0.05, 0) is 48.9 Å². The van der Waals surface area contributed by atoms with E-state index in [1.807, 2.05) is 43.3 Å². The van der Waals surface area contributed by atoms with Gasteiger partial charge < -0.3 is 4.74 Å². The molecule has 1 aliphatic rings. The van der Waals surface area contributed by atoms with E-state index in [1.54, 1.807) is 16.4 Å². The standard InChI is InChI=1S/C21H25NO4S/c1-16-8-10-20(11-9-16)27(24,25)22-12-4-7-19(15-22)18-6-3-5-17(13-18)14-21(23)26-2/h3,5-6,8-11,13,19H,4,7,12,14-15H2,1-2H3. The van der Waals surface area contributed by atoms with Crippen LogP contribution in [0, 0.1) is 6.92 Å². The van der Waals surface area contributed by atoms with Crippen LogP contribution in [-0.2, 0) is 26.0 Å². The van der Waals surface area contributed by atoms with E-state index in [2.05, 4.69) is 0 Å². The van der Waals surface area contributed by atoms with E-state index in [0.29, 0.717) is 18.0 Å². The zero-order valence-electron chi connectivity index (χ0n) is 15.7. The maximum absolute atomic E-state index is 13.0. The van der Waals surface area contributed by atoms with Gasteiger partial charge in [0, 0.05) is 13.1 Å². The number of nitrogens with zero attached hydrogens (tertiary/aromatic N) is 1. The summed E-state index contributed by atoms with van der Waals surface area (Å²) in [7, 11) is -2.12. The molecule has 0 spiro atoms. The van der Waals surface area contributed by atoms with Gasteiger partial charge in [-0.25, -0.2) is 8.42 Å². The summed E-state index contributed by atoms with van der Waals surface area (Å²) in [5, 5.41) is 0. The second kappa shape index (κ2) is 8.23. The third kappa shape index (κ3) is 4.57. The van der Waals surface area contributed by atoms with Crippen LogP contribution >= 0.6 is 0 Å². The molecule has 1 atom stereocenters. The number of hydrogen-bond acceptors (Lipinski definition) is 4. The predicted molar refractivity (Wildman–Crippen MR) is 104 cm³/mol. The number of esters is 1. The third-order valence-electron chi connectivity index (χ3n) is 5.04. The zero-order chi connectivity index (χ0) is 19.4. The molecule has 0 bridgehead atoms. The Morgan fingerprint density at radius 2 is 1.93 bits per heavy atom. The molecule has 0 saturated carbocycles. The van der Waals surface area contributed by atoms with Gasteiger partial charge in [-0.3, -0.25) is 4.79 Å². The average Bonchev–Trinajstić information content (AvgIpc) is 2.68. The van der Waals surface area contributed by atoms with Crippen LogP contribution in [0.1, 0.15) is 35.4 Å². The van der Waals surface area contributed by atoms with Crippen molar-refractivity contribution in [3.63, 3.8) is 0 Å². The Balaban J connectivity index is 1.79. The lowest BCUT2D eigenvalue weighted by atomic mass is 9.90. The van der Waals surface area contributed by atoms with Crippen LogP contribution < -0.4 is 0 Å². The number of piperidine rings is 1. The van der Waals surface area contributed by atoms with Crippen molar-refractivity contribution in [3.05, 3.63) is 65.2 Å². The highest BCUT2D eigenvalue weighted by Crippen LogP contribution is 2.31. The quantitative estimate of drug-likeness (QED) is 0.739. The Kier molecular flexibility index (Phi) is 5.97. The minimum atomic E-state index is -3.49. The molecule has 1 unspecified atom stereocenters. The van der Waals surface area contributed by atoms with Crippen molar-refractivity contribution in [1.82, 2.24) is 4.31 Å². The van der Waals surface area contributed by atoms with E-state index in [4.69, 9.17) is 4.74 Å². The predicted octanol–water partition coefficient (Wildman–Crippen LogP) is 3.28. The first-order valence-electron chi connectivity index (χ1n) is 9.12. The fourth-order valence-electron chi connectivity index (χ4n) is 3.49. The van der Waals surface area contributed by atoms with Gasteiger partial charge in [0.1, 0.15) is 0 Å². The largest absolute Gasteiger partial charge is 0.469 e. The molecular formula is C21H25NO4S. The molecule has 2 aromatic carbocycles. The van der Waals surface area contributed by atoms with Crippen LogP contribution in [0.4, 0.5) is 0 Å². The molecule has 1 fully saturated rings. The number of benzene rings is 2. The maximum Gasteiger partial charge on any atom is 0.309 e. The van der Waals surface area contributed by atoms with E-state index in [1.165, 1.54) is 7.11 Å². The molecule has 6 heteroatoms. The van der Waals surface area contributed by atoms with Gasteiger partial charge in [0.05, 0.1) is 18.4 Å². The molecule has 0 aromatic heterocycles. The maximum atomic E-state index is 13.0. The van der Waals surface area contributed by atoms with Crippen molar-refractivity contribution in [3.8, 4) is 0 Å². The lowest BCUT2D eigenvalue weighted by Gasteiger charge is -2.32. The Morgan fingerprint density at radius 1 is 1.19 bits per heavy atom. The van der Waals surface area contributed by atoms with Crippen LogP contribution in [0.15, 0.2) is 53.4 Å². The summed E-state index contributed by atoms with van der Waals surface area (Å²) in [4.78, 5) is 11.9. The van der Waals surface area contributed by atoms with Gasteiger partial charge in [-0.15, -0.1) is 0 Å². The molecule has 2 aromatic rings. The van der Waals surface area contributed by atoms with Gasteiger partial charge in [0.2, 0.25) is 10.0 Å². The first-order valence-corrected chi connectivity index (χ1v) is 10.6. The normalized spacial score (nSPS) is 18.2. The van der Waals surface area contributed by atoms with Crippen molar-refractivity contribution < 1.29 is 17.9 Å². The Morgan fingerprint density at radius 3 is 2.63 bits per heavy atom. The minimum Gasteiger partial charge on any atom is -0.469 e. The summed E-state index contributed by atoms with van der Waals surface area (Å²) in [6, 6.07) is 14.8. The van der Waals surface area contributed by atoms with E-state index in [0.717, 1.165) is 29.5 Å². The smallest absolute Gasteiger partial charge is 0.309 e. The van der Waals surface area contributed by atoms with Gasteiger partial charge in [0.25, 0.3) is 0 Å². The highest BCUT2D eigenvalue weighted by molar-refractivity contribution is 7.89. The van der Waals surface area contributed by atoms with E-state index >= 15 is 0 Å². The van der Waals surface area contributed by atoms with Crippen LogP contribution in [0.25, 0.3) is 0 Å². The molecule has 5 nitrogen and oxygen atoms in total. The molecule has 27 heavy (non-hydrogen) atoms. The molecule has 0 aliphatic carbocycles. The summed E-state index contributed by atoms with van der Waals surface area (Å²) >= 11 is 0.